The number of rotatable bonds is 7. The average Bonchev–Trinajstić information content (AvgIpc) is 3.37. The molecule has 1 fully saturated rings. The summed E-state index contributed by atoms with van der Waals surface area (Å²) in [6, 6.07) is 18.4. The molecule has 1 aromatic heterocycles. The maximum absolute atomic E-state index is 12.0. The highest BCUT2D eigenvalue weighted by Gasteiger charge is 2.30. The summed E-state index contributed by atoms with van der Waals surface area (Å²) in [7, 11) is 0. The van der Waals surface area contributed by atoms with Crippen molar-refractivity contribution in [2.75, 3.05) is 24.6 Å². The molecule has 2 aromatic carbocycles. The second-order valence-corrected chi connectivity index (χ2v) is 7.93. The van der Waals surface area contributed by atoms with Crippen LogP contribution < -0.4 is 4.90 Å². The number of ether oxygens (including phenoxy) is 1. The SMILES string of the molecule is CCN(CC)c1ccc(-c2nnc(S[C@@H]3CCOC3=O)n2-c2ccccc2)cc1. The number of carbonyl (C=O) groups excluding carboxylic acids is 1. The van der Waals surface area contributed by atoms with Gasteiger partial charge in [-0.25, -0.2) is 0 Å². The number of nitrogens with zero attached hydrogens (tertiary/aromatic N) is 4. The molecule has 1 atom stereocenters. The normalized spacial score (nSPS) is 16.1. The van der Waals surface area contributed by atoms with Gasteiger partial charge in [0.05, 0.1) is 6.61 Å². The predicted octanol–water partition coefficient (Wildman–Crippen LogP) is 4.19. The maximum Gasteiger partial charge on any atom is 0.319 e. The molecule has 0 radical (unpaired) electrons. The van der Waals surface area contributed by atoms with Gasteiger partial charge in [0.25, 0.3) is 0 Å². The van der Waals surface area contributed by atoms with Crippen LogP contribution in [-0.4, -0.2) is 45.7 Å². The molecule has 3 aromatic rings. The van der Waals surface area contributed by atoms with Crippen molar-refractivity contribution in [3.63, 3.8) is 0 Å². The van der Waals surface area contributed by atoms with Crippen LogP contribution in [-0.2, 0) is 9.53 Å². The molecule has 0 amide bonds. The first-order chi connectivity index (χ1) is 14.2. The summed E-state index contributed by atoms with van der Waals surface area (Å²) in [4.78, 5) is 14.3. The van der Waals surface area contributed by atoms with Gasteiger partial charge in [0.2, 0.25) is 0 Å². The molecule has 0 aliphatic carbocycles. The Bertz CT molecular complexity index is 968. The van der Waals surface area contributed by atoms with Crippen LogP contribution >= 0.6 is 11.8 Å². The van der Waals surface area contributed by atoms with E-state index in [2.05, 4.69) is 53.2 Å². The molecule has 6 nitrogen and oxygen atoms in total. The number of anilines is 1. The van der Waals surface area contributed by atoms with E-state index in [1.807, 2.05) is 34.9 Å². The first-order valence-electron chi connectivity index (χ1n) is 9.90. The number of esters is 1. The Hall–Kier alpha value is -2.80. The highest BCUT2D eigenvalue weighted by molar-refractivity contribution is 8.00. The van der Waals surface area contributed by atoms with Crippen LogP contribution in [0.15, 0.2) is 59.8 Å². The van der Waals surface area contributed by atoms with Gasteiger partial charge >= 0.3 is 5.97 Å². The second kappa shape index (κ2) is 8.69. The first kappa shape index (κ1) is 19.5. The molecule has 4 rings (SSSR count). The molecule has 29 heavy (non-hydrogen) atoms. The lowest BCUT2D eigenvalue weighted by Crippen LogP contribution is -2.21. The van der Waals surface area contributed by atoms with Crippen molar-refractivity contribution in [3.8, 4) is 17.1 Å². The summed E-state index contributed by atoms with van der Waals surface area (Å²) in [6.45, 7) is 6.71. The van der Waals surface area contributed by atoms with Crippen molar-refractivity contribution >= 4 is 23.4 Å². The fourth-order valence-corrected chi connectivity index (χ4v) is 4.48. The number of hydrogen-bond donors (Lipinski definition) is 0. The summed E-state index contributed by atoms with van der Waals surface area (Å²) < 4.78 is 7.13. The Labute approximate surface area is 174 Å². The third-order valence-electron chi connectivity index (χ3n) is 5.04. The van der Waals surface area contributed by atoms with Gasteiger partial charge in [-0.05, 0) is 50.2 Å². The number of benzene rings is 2. The highest BCUT2D eigenvalue weighted by Crippen LogP contribution is 2.33. The van der Waals surface area contributed by atoms with Crippen LogP contribution in [0.1, 0.15) is 20.3 Å². The zero-order valence-electron chi connectivity index (χ0n) is 16.6. The lowest BCUT2D eigenvalue weighted by atomic mass is 10.1. The fourth-order valence-electron chi connectivity index (χ4n) is 3.46. The lowest BCUT2D eigenvalue weighted by molar-refractivity contribution is -0.137. The van der Waals surface area contributed by atoms with Crippen molar-refractivity contribution in [2.24, 2.45) is 0 Å². The van der Waals surface area contributed by atoms with Crippen LogP contribution in [0.2, 0.25) is 0 Å². The Morgan fingerprint density at radius 3 is 2.41 bits per heavy atom. The number of para-hydroxylation sites is 1. The molecular weight excluding hydrogens is 384 g/mol. The molecular formula is C22H24N4O2S. The summed E-state index contributed by atoms with van der Waals surface area (Å²) in [5.41, 5.74) is 3.14. The zero-order valence-corrected chi connectivity index (χ0v) is 17.4. The minimum absolute atomic E-state index is 0.178. The van der Waals surface area contributed by atoms with Crippen LogP contribution in [0.4, 0.5) is 5.69 Å². The van der Waals surface area contributed by atoms with E-state index in [9.17, 15) is 4.79 Å². The van der Waals surface area contributed by atoms with Gasteiger partial charge in [-0.15, -0.1) is 10.2 Å². The van der Waals surface area contributed by atoms with Crippen LogP contribution in [0.5, 0.6) is 0 Å². The number of aromatic nitrogens is 3. The number of cyclic esters (lactones) is 1. The minimum Gasteiger partial charge on any atom is -0.465 e. The Balaban J connectivity index is 1.72. The van der Waals surface area contributed by atoms with Gasteiger partial charge in [0.1, 0.15) is 5.25 Å². The van der Waals surface area contributed by atoms with Crippen molar-refractivity contribution in [1.29, 1.82) is 0 Å². The van der Waals surface area contributed by atoms with Crippen LogP contribution in [0.25, 0.3) is 17.1 Å². The van der Waals surface area contributed by atoms with E-state index in [-0.39, 0.29) is 11.2 Å². The molecule has 1 saturated heterocycles. The fraction of sp³-hybridized carbons (Fsp3) is 0.318. The Kier molecular flexibility index (Phi) is 5.85. The topological polar surface area (TPSA) is 60.2 Å². The Morgan fingerprint density at radius 1 is 1.07 bits per heavy atom. The smallest absolute Gasteiger partial charge is 0.319 e. The van der Waals surface area contributed by atoms with E-state index in [0.29, 0.717) is 18.2 Å². The van der Waals surface area contributed by atoms with Crippen molar-refractivity contribution in [1.82, 2.24) is 14.8 Å². The minimum atomic E-state index is -0.237. The van der Waals surface area contributed by atoms with Crippen LogP contribution in [0.3, 0.4) is 0 Å². The summed E-state index contributed by atoms with van der Waals surface area (Å²) in [6.07, 6.45) is 0.694. The summed E-state index contributed by atoms with van der Waals surface area (Å²) in [5, 5.41) is 9.35. The molecule has 7 heteroatoms. The molecule has 0 N–H and O–H groups in total. The van der Waals surface area contributed by atoms with E-state index in [1.165, 1.54) is 17.4 Å². The summed E-state index contributed by atoms with van der Waals surface area (Å²) >= 11 is 1.42. The van der Waals surface area contributed by atoms with Gasteiger partial charge in [-0.3, -0.25) is 9.36 Å². The number of carbonyl (C=O) groups is 1. The quantitative estimate of drug-likeness (QED) is 0.547. The Morgan fingerprint density at radius 2 is 1.79 bits per heavy atom. The van der Waals surface area contributed by atoms with E-state index in [4.69, 9.17) is 4.74 Å². The van der Waals surface area contributed by atoms with E-state index >= 15 is 0 Å². The first-order valence-corrected chi connectivity index (χ1v) is 10.8. The van der Waals surface area contributed by atoms with Gasteiger partial charge in [0, 0.05) is 36.4 Å². The van der Waals surface area contributed by atoms with Gasteiger partial charge in [-0.2, -0.15) is 0 Å². The summed E-state index contributed by atoms with van der Waals surface area (Å²) in [5.74, 6) is 0.582. The van der Waals surface area contributed by atoms with E-state index < -0.39 is 0 Å². The molecule has 150 valence electrons. The van der Waals surface area contributed by atoms with Gasteiger partial charge in [0.15, 0.2) is 11.0 Å². The third-order valence-corrected chi connectivity index (χ3v) is 6.22. The van der Waals surface area contributed by atoms with Crippen molar-refractivity contribution < 1.29 is 9.53 Å². The lowest BCUT2D eigenvalue weighted by Gasteiger charge is -2.21. The van der Waals surface area contributed by atoms with E-state index in [1.54, 1.807) is 0 Å². The predicted molar refractivity (Wildman–Crippen MR) is 116 cm³/mol. The van der Waals surface area contributed by atoms with Crippen molar-refractivity contribution in [2.45, 2.75) is 30.7 Å². The highest BCUT2D eigenvalue weighted by atomic mass is 32.2. The molecule has 2 heterocycles. The molecule has 0 saturated carbocycles. The standard InChI is InChI=1S/C22H24N4O2S/c1-3-25(4-2)17-12-10-16(11-13-17)20-23-24-22(29-19-14-15-28-21(19)27)26(20)18-8-6-5-7-9-18/h5-13,19H,3-4,14-15H2,1-2H3/t19-/m1/s1. The zero-order chi connectivity index (χ0) is 20.2. The molecule has 1 aliphatic heterocycles. The average molecular weight is 409 g/mol. The number of thioether (sulfide) groups is 1. The maximum atomic E-state index is 12.0. The third kappa shape index (κ3) is 4.00. The second-order valence-electron chi connectivity index (χ2n) is 6.76. The van der Waals surface area contributed by atoms with E-state index in [0.717, 1.165) is 30.2 Å². The molecule has 0 unspecified atom stereocenters. The van der Waals surface area contributed by atoms with Crippen LogP contribution in [0, 0.1) is 0 Å². The molecule has 0 bridgehead atoms. The van der Waals surface area contributed by atoms with Crippen molar-refractivity contribution in [3.05, 3.63) is 54.6 Å². The van der Waals surface area contributed by atoms with Gasteiger partial charge in [-0.1, -0.05) is 30.0 Å². The molecule has 0 spiro atoms. The monoisotopic (exact) mass is 408 g/mol. The molecule has 1 aliphatic rings. The van der Waals surface area contributed by atoms with Gasteiger partial charge < -0.3 is 9.64 Å². The number of hydrogen-bond acceptors (Lipinski definition) is 6. The largest absolute Gasteiger partial charge is 0.465 e.